The first-order valence-electron chi connectivity index (χ1n) is 6.80. The van der Waals surface area contributed by atoms with Crippen LogP contribution in [0.25, 0.3) is 0 Å². The molecule has 100 valence electrons. The predicted molar refractivity (Wildman–Crippen MR) is 73.3 cm³/mol. The van der Waals surface area contributed by atoms with Crippen LogP contribution in [0.4, 0.5) is 0 Å². The highest BCUT2D eigenvalue weighted by atomic mass is 16.5. The van der Waals surface area contributed by atoms with Crippen LogP contribution >= 0.6 is 0 Å². The van der Waals surface area contributed by atoms with Crippen LogP contribution in [-0.2, 0) is 4.74 Å². The number of aromatic nitrogens is 1. The summed E-state index contributed by atoms with van der Waals surface area (Å²) in [5.41, 5.74) is 8.50. The number of nitrogens with two attached hydrogens (primary N) is 1. The zero-order valence-corrected chi connectivity index (χ0v) is 11.6. The Balaban J connectivity index is 2.22. The summed E-state index contributed by atoms with van der Waals surface area (Å²) in [7, 11) is 1.79. The Bertz CT molecular complexity index is 397. The van der Waals surface area contributed by atoms with Crippen molar-refractivity contribution in [2.24, 2.45) is 11.7 Å². The van der Waals surface area contributed by atoms with Gasteiger partial charge in [-0.05, 0) is 49.7 Å². The number of nitrogens with zero attached hydrogens (tertiary/aromatic N) is 1. The third-order valence-corrected chi connectivity index (χ3v) is 4.35. The van der Waals surface area contributed by atoms with Gasteiger partial charge in [-0.2, -0.15) is 0 Å². The molecule has 1 aliphatic rings. The smallest absolute Gasteiger partial charge is 0.0871 e. The minimum Gasteiger partial charge on any atom is -0.376 e. The number of aryl methyl sites for hydroxylation is 1. The molecule has 1 aliphatic carbocycles. The van der Waals surface area contributed by atoms with Crippen molar-refractivity contribution in [1.29, 1.82) is 0 Å². The molecule has 0 radical (unpaired) electrons. The van der Waals surface area contributed by atoms with E-state index in [-0.39, 0.29) is 11.6 Å². The first kappa shape index (κ1) is 13.5. The Morgan fingerprint density at radius 3 is 2.61 bits per heavy atom. The Morgan fingerprint density at radius 1 is 1.39 bits per heavy atom. The summed E-state index contributed by atoms with van der Waals surface area (Å²) >= 11 is 0. The fourth-order valence-electron chi connectivity index (χ4n) is 2.95. The van der Waals surface area contributed by atoms with Gasteiger partial charge in [-0.15, -0.1) is 0 Å². The highest BCUT2D eigenvalue weighted by Crippen LogP contribution is 2.41. The van der Waals surface area contributed by atoms with Crippen LogP contribution in [0.15, 0.2) is 18.5 Å². The molecule has 1 unspecified atom stereocenters. The van der Waals surface area contributed by atoms with E-state index in [2.05, 4.69) is 18.0 Å². The third-order valence-electron chi connectivity index (χ3n) is 4.35. The van der Waals surface area contributed by atoms with E-state index in [1.54, 1.807) is 7.11 Å². The van der Waals surface area contributed by atoms with E-state index < -0.39 is 0 Å². The molecule has 1 aromatic heterocycles. The fraction of sp³-hybridized carbons (Fsp3) is 0.667. The lowest BCUT2D eigenvalue weighted by molar-refractivity contribution is -0.0672. The van der Waals surface area contributed by atoms with Gasteiger partial charge in [0.05, 0.1) is 11.6 Å². The monoisotopic (exact) mass is 248 g/mol. The maximum atomic E-state index is 6.46. The average molecular weight is 248 g/mol. The van der Waals surface area contributed by atoms with Crippen LogP contribution in [0, 0.1) is 12.8 Å². The average Bonchev–Trinajstić information content (AvgIpc) is 2.39. The van der Waals surface area contributed by atoms with Crippen LogP contribution in [0.1, 0.15) is 49.8 Å². The number of ether oxygens (including phenoxy) is 1. The molecule has 0 aromatic carbocycles. The van der Waals surface area contributed by atoms with E-state index in [1.165, 1.54) is 12.8 Å². The van der Waals surface area contributed by atoms with E-state index in [0.29, 0.717) is 0 Å². The summed E-state index contributed by atoms with van der Waals surface area (Å²) in [6, 6.07) is 2.04. The number of hydrogen-bond acceptors (Lipinski definition) is 3. The Kier molecular flexibility index (Phi) is 4.03. The van der Waals surface area contributed by atoms with E-state index in [9.17, 15) is 0 Å². The zero-order chi connectivity index (χ0) is 13.2. The number of rotatable bonds is 3. The van der Waals surface area contributed by atoms with Crippen molar-refractivity contribution in [2.45, 2.75) is 51.2 Å². The SMILES string of the molecule is COC1(C(N)c2cncc(C)c2)CCC(C)CC1. The summed E-state index contributed by atoms with van der Waals surface area (Å²) in [5.74, 6) is 0.788. The van der Waals surface area contributed by atoms with E-state index in [1.807, 2.05) is 19.3 Å². The van der Waals surface area contributed by atoms with Gasteiger partial charge in [0.25, 0.3) is 0 Å². The van der Waals surface area contributed by atoms with Gasteiger partial charge in [0.1, 0.15) is 0 Å². The molecule has 0 spiro atoms. The zero-order valence-electron chi connectivity index (χ0n) is 11.6. The summed E-state index contributed by atoms with van der Waals surface area (Å²) in [4.78, 5) is 4.24. The van der Waals surface area contributed by atoms with Crippen LogP contribution in [0.3, 0.4) is 0 Å². The molecule has 2 N–H and O–H groups in total. The van der Waals surface area contributed by atoms with Crippen molar-refractivity contribution in [3.05, 3.63) is 29.6 Å². The molecule has 0 bridgehead atoms. The van der Waals surface area contributed by atoms with Crippen molar-refractivity contribution >= 4 is 0 Å². The normalized spacial score (nSPS) is 30.1. The highest BCUT2D eigenvalue weighted by Gasteiger charge is 2.40. The van der Waals surface area contributed by atoms with Crippen molar-refractivity contribution < 1.29 is 4.74 Å². The van der Waals surface area contributed by atoms with Crippen LogP contribution in [-0.4, -0.2) is 17.7 Å². The summed E-state index contributed by atoms with van der Waals surface area (Å²) in [6.07, 6.45) is 8.20. The third kappa shape index (κ3) is 2.57. The second-order valence-corrected chi connectivity index (χ2v) is 5.72. The molecule has 0 saturated heterocycles. The second kappa shape index (κ2) is 5.37. The standard InChI is InChI=1S/C15H24N2O/c1-11-4-6-15(18-3,7-5-11)14(16)13-8-12(2)9-17-10-13/h8-11,14H,4-7,16H2,1-3H3. The van der Waals surface area contributed by atoms with Crippen molar-refractivity contribution in [3.8, 4) is 0 Å². The van der Waals surface area contributed by atoms with Crippen LogP contribution in [0.2, 0.25) is 0 Å². The molecular weight excluding hydrogens is 224 g/mol. The molecule has 1 atom stereocenters. The summed E-state index contributed by atoms with van der Waals surface area (Å²) in [6.45, 7) is 4.35. The van der Waals surface area contributed by atoms with E-state index in [0.717, 1.165) is 29.9 Å². The minimum absolute atomic E-state index is 0.0811. The summed E-state index contributed by atoms with van der Waals surface area (Å²) in [5, 5.41) is 0. The van der Waals surface area contributed by atoms with Crippen molar-refractivity contribution in [2.75, 3.05) is 7.11 Å². The molecule has 1 aromatic rings. The maximum absolute atomic E-state index is 6.46. The van der Waals surface area contributed by atoms with Gasteiger partial charge >= 0.3 is 0 Å². The molecule has 0 amide bonds. The van der Waals surface area contributed by atoms with Gasteiger partial charge in [-0.1, -0.05) is 13.0 Å². The lowest BCUT2D eigenvalue weighted by Crippen LogP contribution is -2.45. The lowest BCUT2D eigenvalue weighted by atomic mass is 9.74. The lowest BCUT2D eigenvalue weighted by Gasteiger charge is -2.42. The Labute approximate surface area is 110 Å². The molecule has 3 nitrogen and oxygen atoms in total. The number of methoxy groups -OCH3 is 1. The topological polar surface area (TPSA) is 48.1 Å². The van der Waals surface area contributed by atoms with Gasteiger partial charge < -0.3 is 10.5 Å². The molecule has 2 rings (SSSR count). The molecule has 18 heavy (non-hydrogen) atoms. The van der Waals surface area contributed by atoms with Gasteiger partial charge in [0, 0.05) is 19.5 Å². The number of pyridine rings is 1. The quantitative estimate of drug-likeness (QED) is 0.894. The van der Waals surface area contributed by atoms with Crippen LogP contribution < -0.4 is 5.73 Å². The van der Waals surface area contributed by atoms with Crippen LogP contribution in [0.5, 0.6) is 0 Å². The first-order valence-corrected chi connectivity index (χ1v) is 6.80. The predicted octanol–water partition coefficient (Wildman–Crippen LogP) is 2.99. The number of hydrogen-bond donors (Lipinski definition) is 1. The maximum Gasteiger partial charge on any atom is 0.0871 e. The minimum atomic E-state index is -0.206. The van der Waals surface area contributed by atoms with Gasteiger partial charge in [0.2, 0.25) is 0 Å². The molecule has 1 heterocycles. The van der Waals surface area contributed by atoms with Gasteiger partial charge in [0.15, 0.2) is 0 Å². The first-order chi connectivity index (χ1) is 8.57. The van der Waals surface area contributed by atoms with E-state index >= 15 is 0 Å². The van der Waals surface area contributed by atoms with Gasteiger partial charge in [-0.25, -0.2) is 0 Å². The largest absolute Gasteiger partial charge is 0.376 e. The molecule has 1 fully saturated rings. The second-order valence-electron chi connectivity index (χ2n) is 5.72. The molecular formula is C15H24N2O. The van der Waals surface area contributed by atoms with Crippen molar-refractivity contribution in [1.82, 2.24) is 4.98 Å². The summed E-state index contributed by atoms with van der Waals surface area (Å²) < 4.78 is 5.83. The fourth-order valence-corrected chi connectivity index (χ4v) is 2.95. The molecule has 3 heteroatoms. The Morgan fingerprint density at radius 2 is 2.06 bits per heavy atom. The molecule has 0 aliphatic heterocycles. The highest BCUT2D eigenvalue weighted by molar-refractivity contribution is 5.23. The van der Waals surface area contributed by atoms with Gasteiger partial charge in [-0.3, -0.25) is 4.98 Å². The Hall–Kier alpha value is -0.930. The van der Waals surface area contributed by atoms with Crippen molar-refractivity contribution in [3.63, 3.8) is 0 Å². The van der Waals surface area contributed by atoms with E-state index in [4.69, 9.17) is 10.5 Å². The molecule has 1 saturated carbocycles.